The van der Waals surface area contributed by atoms with Crippen molar-refractivity contribution in [1.29, 1.82) is 0 Å². The highest BCUT2D eigenvalue weighted by Gasteiger charge is 2.07. The Morgan fingerprint density at radius 2 is 1.93 bits per heavy atom. The Bertz CT molecular complexity index is 318. The molecular weight excluding hydrogens is 190 g/mol. The molecule has 0 fully saturated rings. The molecule has 0 atom stereocenters. The zero-order valence-electron chi connectivity index (χ0n) is 10.1. The second-order valence-corrected chi connectivity index (χ2v) is 3.60. The zero-order valence-corrected chi connectivity index (χ0v) is 10.1. The first-order chi connectivity index (χ1) is 6.88. The number of carbonyl (C=O) groups is 1. The SMILES string of the molecule is CC(=O)[O-].CCc1c(C)cc(C)c[n+]1C. The van der Waals surface area contributed by atoms with Gasteiger partial charge in [0.25, 0.3) is 0 Å². The van der Waals surface area contributed by atoms with Crippen LogP contribution >= 0.6 is 0 Å². The van der Waals surface area contributed by atoms with Crippen LogP contribution < -0.4 is 9.67 Å². The van der Waals surface area contributed by atoms with E-state index < -0.39 is 5.97 Å². The molecule has 15 heavy (non-hydrogen) atoms. The molecule has 0 N–H and O–H groups in total. The standard InChI is InChI=1S/C10H16N.C2H4O2/c1-5-10-9(3)6-8(2)7-11(10)4;1-2(3)4/h6-7H,5H2,1-4H3;1H3,(H,3,4)/q+1;/p-1. The van der Waals surface area contributed by atoms with Gasteiger partial charge in [0.1, 0.15) is 7.05 Å². The molecule has 3 nitrogen and oxygen atoms in total. The molecule has 0 saturated heterocycles. The largest absolute Gasteiger partial charge is 0.550 e. The fourth-order valence-corrected chi connectivity index (χ4v) is 1.65. The molecule has 0 aromatic carbocycles. The van der Waals surface area contributed by atoms with Crippen LogP contribution in [-0.2, 0) is 18.3 Å². The van der Waals surface area contributed by atoms with Crippen LogP contribution in [0.2, 0.25) is 0 Å². The minimum absolute atomic E-state index is 0.972. The van der Waals surface area contributed by atoms with Crippen molar-refractivity contribution in [2.45, 2.75) is 34.1 Å². The maximum absolute atomic E-state index is 8.89. The fraction of sp³-hybridized carbons (Fsp3) is 0.500. The molecule has 0 amide bonds. The third-order valence-electron chi connectivity index (χ3n) is 2.06. The molecule has 1 rings (SSSR count). The lowest BCUT2D eigenvalue weighted by atomic mass is 10.1. The van der Waals surface area contributed by atoms with E-state index in [1.807, 2.05) is 0 Å². The number of aliphatic carboxylic acids is 1. The van der Waals surface area contributed by atoms with Crippen LogP contribution in [0, 0.1) is 13.8 Å². The van der Waals surface area contributed by atoms with E-state index in [0.717, 1.165) is 13.3 Å². The molecule has 0 aliphatic rings. The number of carbonyl (C=O) groups excluding carboxylic acids is 1. The second kappa shape index (κ2) is 6.17. The predicted molar refractivity (Wildman–Crippen MR) is 57.2 cm³/mol. The molecule has 1 aromatic rings. The second-order valence-electron chi connectivity index (χ2n) is 3.60. The number of rotatable bonds is 1. The molecule has 3 heteroatoms. The minimum Gasteiger partial charge on any atom is -0.550 e. The number of hydrogen-bond donors (Lipinski definition) is 0. The number of hydrogen-bond acceptors (Lipinski definition) is 2. The Morgan fingerprint density at radius 1 is 1.47 bits per heavy atom. The van der Waals surface area contributed by atoms with Gasteiger partial charge in [0.2, 0.25) is 0 Å². The Balaban J connectivity index is 0.000000423. The molecule has 0 spiro atoms. The summed E-state index contributed by atoms with van der Waals surface area (Å²) in [5, 5.41) is 8.89. The van der Waals surface area contributed by atoms with Crippen LogP contribution in [0.5, 0.6) is 0 Å². The monoisotopic (exact) mass is 209 g/mol. The van der Waals surface area contributed by atoms with Gasteiger partial charge in [-0.1, -0.05) is 6.92 Å². The highest BCUT2D eigenvalue weighted by Crippen LogP contribution is 2.04. The maximum atomic E-state index is 8.89. The van der Waals surface area contributed by atoms with E-state index in [2.05, 4.69) is 44.6 Å². The van der Waals surface area contributed by atoms with Gasteiger partial charge in [-0.3, -0.25) is 0 Å². The van der Waals surface area contributed by atoms with Crippen molar-refractivity contribution >= 4 is 5.97 Å². The Morgan fingerprint density at radius 3 is 2.27 bits per heavy atom. The molecule has 0 aliphatic carbocycles. The van der Waals surface area contributed by atoms with Crippen LogP contribution in [-0.4, -0.2) is 5.97 Å². The van der Waals surface area contributed by atoms with Gasteiger partial charge < -0.3 is 9.90 Å². The molecule has 0 bridgehead atoms. The average molecular weight is 209 g/mol. The summed E-state index contributed by atoms with van der Waals surface area (Å²) in [5.74, 6) is -1.08. The number of aryl methyl sites for hydroxylation is 3. The molecule has 84 valence electrons. The Labute approximate surface area is 91.4 Å². The van der Waals surface area contributed by atoms with Crippen LogP contribution in [0.1, 0.15) is 30.7 Å². The fourth-order valence-electron chi connectivity index (χ4n) is 1.65. The summed E-state index contributed by atoms with van der Waals surface area (Å²) in [5.41, 5.74) is 4.16. The molecule has 1 aromatic heterocycles. The summed E-state index contributed by atoms with van der Waals surface area (Å²) >= 11 is 0. The van der Waals surface area contributed by atoms with E-state index >= 15 is 0 Å². The average Bonchev–Trinajstić information content (AvgIpc) is 2.01. The molecule has 0 aliphatic heterocycles. The van der Waals surface area contributed by atoms with Gasteiger partial charge in [-0.25, -0.2) is 4.57 Å². The van der Waals surface area contributed by atoms with E-state index in [0.29, 0.717) is 0 Å². The predicted octanol–water partition coefficient (Wildman–Crippen LogP) is 0.447. The van der Waals surface area contributed by atoms with Crippen LogP contribution in [0.4, 0.5) is 0 Å². The third kappa shape index (κ3) is 5.15. The van der Waals surface area contributed by atoms with E-state index in [1.54, 1.807) is 0 Å². The summed E-state index contributed by atoms with van der Waals surface area (Å²) in [4.78, 5) is 8.89. The van der Waals surface area contributed by atoms with Crippen molar-refractivity contribution in [3.05, 3.63) is 29.1 Å². The molecule has 1 heterocycles. The Hall–Kier alpha value is -1.38. The van der Waals surface area contributed by atoms with Gasteiger partial charge >= 0.3 is 0 Å². The lowest BCUT2D eigenvalue weighted by molar-refractivity contribution is -0.679. The summed E-state index contributed by atoms with van der Waals surface area (Å²) < 4.78 is 2.21. The van der Waals surface area contributed by atoms with Gasteiger partial charge in [-0.05, 0) is 26.8 Å². The number of aromatic nitrogens is 1. The number of pyridine rings is 1. The summed E-state index contributed by atoms with van der Waals surface area (Å²) in [7, 11) is 2.11. The first-order valence-electron chi connectivity index (χ1n) is 5.01. The van der Waals surface area contributed by atoms with Crippen LogP contribution in [0.3, 0.4) is 0 Å². The first-order valence-corrected chi connectivity index (χ1v) is 5.01. The number of carboxylic acids is 1. The van der Waals surface area contributed by atoms with E-state index in [4.69, 9.17) is 9.90 Å². The minimum atomic E-state index is -1.08. The van der Waals surface area contributed by atoms with Crippen molar-refractivity contribution in [1.82, 2.24) is 0 Å². The van der Waals surface area contributed by atoms with Gasteiger partial charge in [0.15, 0.2) is 11.9 Å². The van der Waals surface area contributed by atoms with Crippen molar-refractivity contribution in [3.8, 4) is 0 Å². The highest BCUT2D eigenvalue weighted by atomic mass is 16.4. The van der Waals surface area contributed by atoms with Crippen molar-refractivity contribution in [3.63, 3.8) is 0 Å². The molecule has 0 saturated carbocycles. The number of nitrogens with zero attached hydrogens (tertiary/aromatic N) is 1. The van der Waals surface area contributed by atoms with Crippen molar-refractivity contribution in [2.24, 2.45) is 7.05 Å². The maximum Gasteiger partial charge on any atom is 0.183 e. The van der Waals surface area contributed by atoms with E-state index in [-0.39, 0.29) is 0 Å². The van der Waals surface area contributed by atoms with Crippen LogP contribution in [0.15, 0.2) is 12.3 Å². The van der Waals surface area contributed by atoms with Gasteiger partial charge in [-0.15, -0.1) is 0 Å². The van der Waals surface area contributed by atoms with E-state index in [1.165, 1.54) is 16.8 Å². The summed E-state index contributed by atoms with van der Waals surface area (Å²) in [6.07, 6.45) is 3.29. The lowest BCUT2D eigenvalue weighted by Gasteiger charge is -2.01. The molecular formula is C12H19NO2. The quantitative estimate of drug-likeness (QED) is 0.630. The van der Waals surface area contributed by atoms with Gasteiger partial charge in [0, 0.05) is 23.5 Å². The van der Waals surface area contributed by atoms with Crippen molar-refractivity contribution in [2.75, 3.05) is 0 Å². The smallest absolute Gasteiger partial charge is 0.183 e. The lowest BCUT2D eigenvalue weighted by Crippen LogP contribution is -2.34. The van der Waals surface area contributed by atoms with Crippen LogP contribution in [0.25, 0.3) is 0 Å². The van der Waals surface area contributed by atoms with Gasteiger partial charge in [0.05, 0.1) is 0 Å². The summed E-state index contributed by atoms with van der Waals surface area (Å²) in [6, 6.07) is 2.23. The first kappa shape index (κ1) is 13.6. The van der Waals surface area contributed by atoms with E-state index in [9.17, 15) is 0 Å². The molecule has 0 radical (unpaired) electrons. The topological polar surface area (TPSA) is 44.0 Å². The normalized spacial score (nSPS) is 9.13. The Kier molecular flexibility index (Phi) is 5.60. The zero-order chi connectivity index (χ0) is 12.0. The van der Waals surface area contributed by atoms with Gasteiger partial charge in [-0.2, -0.15) is 0 Å². The summed E-state index contributed by atoms with van der Waals surface area (Å²) in [6.45, 7) is 7.47. The molecule has 0 unspecified atom stereocenters. The third-order valence-corrected chi connectivity index (χ3v) is 2.06. The van der Waals surface area contributed by atoms with Crippen molar-refractivity contribution < 1.29 is 14.5 Å². The number of carboxylic acid groups (broad SMARTS) is 1. The highest BCUT2D eigenvalue weighted by molar-refractivity contribution is 5.60.